The van der Waals surface area contributed by atoms with Crippen molar-refractivity contribution in [2.24, 2.45) is 0 Å². The Hall–Kier alpha value is 0.110. The standard InChI is InChI=1S/C12H17Cl2NS/c1-3-15-11(8-16-2)7-9-6-10(13)4-5-12(9)14/h4-6,11,15H,3,7-8H2,1-2H3. The molecule has 1 aromatic carbocycles. The molecular weight excluding hydrogens is 261 g/mol. The third kappa shape index (κ3) is 4.54. The zero-order valence-electron chi connectivity index (χ0n) is 9.59. The largest absolute Gasteiger partial charge is 0.313 e. The van der Waals surface area contributed by atoms with Crippen LogP contribution in [-0.2, 0) is 6.42 Å². The second-order valence-electron chi connectivity index (χ2n) is 3.65. The number of halogens is 2. The minimum atomic E-state index is 0.455. The van der Waals surface area contributed by atoms with E-state index in [9.17, 15) is 0 Å². The Bertz CT molecular complexity index is 325. The topological polar surface area (TPSA) is 12.0 Å². The fraction of sp³-hybridized carbons (Fsp3) is 0.500. The molecule has 0 aliphatic carbocycles. The molecule has 0 saturated heterocycles. The Labute approximate surface area is 112 Å². The molecule has 1 nitrogen and oxygen atoms in total. The average molecular weight is 278 g/mol. The summed E-state index contributed by atoms with van der Waals surface area (Å²) in [4.78, 5) is 0. The van der Waals surface area contributed by atoms with Crippen molar-refractivity contribution < 1.29 is 0 Å². The summed E-state index contributed by atoms with van der Waals surface area (Å²) in [6, 6.07) is 6.09. The van der Waals surface area contributed by atoms with Gasteiger partial charge >= 0.3 is 0 Å². The first-order chi connectivity index (χ1) is 7.67. The van der Waals surface area contributed by atoms with Gasteiger partial charge in [-0.2, -0.15) is 11.8 Å². The van der Waals surface area contributed by atoms with E-state index in [2.05, 4.69) is 18.5 Å². The Morgan fingerprint density at radius 2 is 2.12 bits per heavy atom. The number of benzene rings is 1. The van der Waals surface area contributed by atoms with Gasteiger partial charge in [-0.25, -0.2) is 0 Å². The highest BCUT2D eigenvalue weighted by Crippen LogP contribution is 2.22. The maximum absolute atomic E-state index is 6.15. The SMILES string of the molecule is CCNC(CSC)Cc1cc(Cl)ccc1Cl. The van der Waals surface area contributed by atoms with Crippen LogP contribution < -0.4 is 5.32 Å². The second kappa shape index (κ2) is 7.44. The fourth-order valence-corrected chi connectivity index (χ4v) is 2.67. The van der Waals surface area contributed by atoms with Crippen molar-refractivity contribution in [2.45, 2.75) is 19.4 Å². The first kappa shape index (κ1) is 14.2. The Balaban J connectivity index is 2.71. The molecule has 0 amide bonds. The van der Waals surface area contributed by atoms with Gasteiger partial charge in [0.2, 0.25) is 0 Å². The van der Waals surface area contributed by atoms with Crippen molar-refractivity contribution >= 4 is 35.0 Å². The minimum absolute atomic E-state index is 0.455. The zero-order valence-corrected chi connectivity index (χ0v) is 11.9. The summed E-state index contributed by atoms with van der Waals surface area (Å²) in [5, 5.41) is 5.00. The number of hydrogen-bond donors (Lipinski definition) is 1. The molecule has 0 spiro atoms. The van der Waals surface area contributed by atoms with E-state index < -0.39 is 0 Å². The first-order valence-electron chi connectivity index (χ1n) is 5.33. The van der Waals surface area contributed by atoms with Crippen LogP contribution in [0.3, 0.4) is 0 Å². The molecule has 16 heavy (non-hydrogen) atoms. The molecule has 90 valence electrons. The van der Waals surface area contributed by atoms with E-state index in [1.54, 1.807) is 0 Å². The Kier molecular flexibility index (Phi) is 6.59. The molecule has 0 aromatic heterocycles. The van der Waals surface area contributed by atoms with Crippen molar-refractivity contribution in [3.05, 3.63) is 33.8 Å². The van der Waals surface area contributed by atoms with Crippen molar-refractivity contribution in [3.63, 3.8) is 0 Å². The van der Waals surface area contributed by atoms with E-state index in [0.717, 1.165) is 34.3 Å². The van der Waals surface area contributed by atoms with Crippen LogP contribution in [0.2, 0.25) is 10.0 Å². The van der Waals surface area contributed by atoms with Gasteiger partial charge in [-0.15, -0.1) is 0 Å². The molecule has 4 heteroatoms. The molecule has 0 fully saturated rings. The highest BCUT2D eigenvalue weighted by molar-refractivity contribution is 7.98. The number of thioether (sulfide) groups is 1. The van der Waals surface area contributed by atoms with Crippen LogP contribution in [0.25, 0.3) is 0 Å². The third-order valence-corrected chi connectivity index (χ3v) is 3.67. The average Bonchev–Trinajstić information content (AvgIpc) is 2.24. The normalized spacial score (nSPS) is 12.8. The van der Waals surface area contributed by atoms with E-state index in [0.29, 0.717) is 6.04 Å². The highest BCUT2D eigenvalue weighted by Gasteiger charge is 2.10. The lowest BCUT2D eigenvalue weighted by atomic mass is 10.1. The molecule has 0 aliphatic heterocycles. The third-order valence-electron chi connectivity index (χ3n) is 2.33. The van der Waals surface area contributed by atoms with Gasteiger partial charge in [-0.3, -0.25) is 0 Å². The smallest absolute Gasteiger partial charge is 0.0439 e. The molecule has 0 radical (unpaired) electrons. The molecule has 1 rings (SSSR count). The molecule has 0 saturated carbocycles. The molecular formula is C12H17Cl2NS. The van der Waals surface area contributed by atoms with Crippen molar-refractivity contribution in [2.75, 3.05) is 18.6 Å². The van der Waals surface area contributed by atoms with Gasteiger partial charge in [0.15, 0.2) is 0 Å². The maximum Gasteiger partial charge on any atom is 0.0439 e. The lowest BCUT2D eigenvalue weighted by Gasteiger charge is -2.17. The summed E-state index contributed by atoms with van der Waals surface area (Å²) in [7, 11) is 0. The fourth-order valence-electron chi connectivity index (χ4n) is 1.65. The van der Waals surface area contributed by atoms with Gasteiger partial charge in [0, 0.05) is 21.8 Å². The van der Waals surface area contributed by atoms with Crippen molar-refractivity contribution in [1.82, 2.24) is 5.32 Å². The van der Waals surface area contributed by atoms with Crippen molar-refractivity contribution in [3.8, 4) is 0 Å². The Morgan fingerprint density at radius 3 is 2.75 bits per heavy atom. The molecule has 1 atom stereocenters. The second-order valence-corrected chi connectivity index (χ2v) is 5.40. The van der Waals surface area contributed by atoms with E-state index in [4.69, 9.17) is 23.2 Å². The van der Waals surface area contributed by atoms with Crippen LogP contribution in [0.5, 0.6) is 0 Å². The molecule has 0 aliphatic rings. The van der Waals surface area contributed by atoms with Crippen LogP contribution in [0, 0.1) is 0 Å². The molecule has 1 N–H and O–H groups in total. The molecule has 1 aromatic rings. The van der Waals surface area contributed by atoms with E-state index in [-0.39, 0.29) is 0 Å². The summed E-state index contributed by atoms with van der Waals surface area (Å²) in [5.74, 6) is 1.08. The van der Waals surface area contributed by atoms with E-state index in [1.807, 2.05) is 30.0 Å². The van der Waals surface area contributed by atoms with E-state index >= 15 is 0 Å². The quantitative estimate of drug-likeness (QED) is 0.847. The number of nitrogens with one attached hydrogen (secondary N) is 1. The predicted octanol–water partition coefficient (Wildman–Crippen LogP) is 3.88. The van der Waals surface area contributed by atoms with Gasteiger partial charge < -0.3 is 5.32 Å². The van der Waals surface area contributed by atoms with Crippen LogP contribution in [0.15, 0.2) is 18.2 Å². The minimum Gasteiger partial charge on any atom is -0.313 e. The van der Waals surface area contributed by atoms with Crippen LogP contribution in [0.1, 0.15) is 12.5 Å². The van der Waals surface area contributed by atoms with Gasteiger partial charge in [-0.1, -0.05) is 30.1 Å². The van der Waals surface area contributed by atoms with Gasteiger partial charge in [0.25, 0.3) is 0 Å². The highest BCUT2D eigenvalue weighted by atomic mass is 35.5. The number of hydrogen-bond acceptors (Lipinski definition) is 2. The molecule has 0 heterocycles. The number of rotatable bonds is 6. The van der Waals surface area contributed by atoms with E-state index in [1.165, 1.54) is 0 Å². The lowest BCUT2D eigenvalue weighted by Crippen LogP contribution is -2.33. The van der Waals surface area contributed by atoms with Gasteiger partial charge in [0.05, 0.1) is 0 Å². The molecule has 1 unspecified atom stereocenters. The van der Waals surface area contributed by atoms with Crippen LogP contribution >= 0.6 is 35.0 Å². The predicted molar refractivity (Wildman–Crippen MR) is 76.0 cm³/mol. The summed E-state index contributed by atoms with van der Waals surface area (Å²) in [6.45, 7) is 3.09. The van der Waals surface area contributed by atoms with Gasteiger partial charge in [-0.05, 0) is 43.0 Å². The lowest BCUT2D eigenvalue weighted by molar-refractivity contribution is 0.573. The maximum atomic E-state index is 6.15. The Morgan fingerprint density at radius 1 is 1.38 bits per heavy atom. The monoisotopic (exact) mass is 277 g/mol. The van der Waals surface area contributed by atoms with Crippen LogP contribution in [-0.4, -0.2) is 24.6 Å². The summed E-state index contributed by atoms with van der Waals surface area (Å²) >= 11 is 14.0. The van der Waals surface area contributed by atoms with Gasteiger partial charge in [0.1, 0.15) is 0 Å². The summed E-state index contributed by atoms with van der Waals surface area (Å²) in [6.07, 6.45) is 3.04. The first-order valence-corrected chi connectivity index (χ1v) is 7.48. The van der Waals surface area contributed by atoms with Crippen LogP contribution in [0.4, 0.5) is 0 Å². The molecule has 0 bridgehead atoms. The summed E-state index contributed by atoms with van der Waals surface area (Å²) in [5.41, 5.74) is 1.12. The summed E-state index contributed by atoms with van der Waals surface area (Å²) < 4.78 is 0. The van der Waals surface area contributed by atoms with Crippen molar-refractivity contribution in [1.29, 1.82) is 0 Å². The zero-order chi connectivity index (χ0) is 12.0. The number of likely N-dealkylation sites (N-methyl/N-ethyl adjacent to an activating group) is 1.